The molecule has 0 spiro atoms. The molecule has 1 unspecified atom stereocenters. The third-order valence-corrected chi connectivity index (χ3v) is 11.1. The van der Waals surface area contributed by atoms with E-state index in [4.69, 9.17) is 18.5 Å². The predicted octanol–water partition coefficient (Wildman–Crippen LogP) is 10.6. The average molecular weight is 652 g/mol. The van der Waals surface area contributed by atoms with Crippen LogP contribution in [0.4, 0.5) is 0 Å². The Morgan fingerprint density at radius 3 is 2.02 bits per heavy atom. The molecule has 1 heterocycles. The fourth-order valence-electron chi connectivity index (χ4n) is 6.40. The van der Waals surface area contributed by atoms with E-state index in [9.17, 15) is 9.36 Å². The number of nitrogens with one attached hydrogen (secondary N) is 1. The summed E-state index contributed by atoms with van der Waals surface area (Å²) in [6.45, 7) is 24.8. The van der Waals surface area contributed by atoms with Gasteiger partial charge in [0.05, 0.1) is 12.7 Å². The third-order valence-electron chi connectivity index (χ3n) is 9.41. The van der Waals surface area contributed by atoms with Gasteiger partial charge in [-0.05, 0) is 116 Å². The van der Waals surface area contributed by atoms with Crippen LogP contribution in [0.5, 0.6) is 11.5 Å². The lowest BCUT2D eigenvalue weighted by Crippen LogP contribution is -2.37. The predicted molar refractivity (Wildman–Crippen MR) is 186 cm³/mol. The lowest BCUT2D eigenvalue weighted by atomic mass is 9.84. The smallest absolute Gasteiger partial charge is 0.459 e. The summed E-state index contributed by atoms with van der Waals surface area (Å²) in [7, 11) is -3.87. The van der Waals surface area contributed by atoms with Gasteiger partial charge in [-0.1, -0.05) is 72.6 Å². The largest absolute Gasteiger partial charge is 0.487 e. The van der Waals surface area contributed by atoms with E-state index in [0.29, 0.717) is 5.75 Å². The van der Waals surface area contributed by atoms with Gasteiger partial charge in [-0.3, -0.25) is 9.32 Å². The minimum Gasteiger partial charge on any atom is -0.487 e. The Balaban J connectivity index is 2.02. The van der Waals surface area contributed by atoms with Crippen molar-refractivity contribution in [2.24, 2.45) is 17.8 Å². The molecule has 260 valence electrons. The molecule has 0 bridgehead atoms. The first-order valence-corrected chi connectivity index (χ1v) is 19.3. The molecule has 1 aromatic rings. The second kappa shape index (κ2) is 18.1. The fourth-order valence-corrected chi connectivity index (χ4v) is 8.02. The SMILES string of the molecule is CCOP(=O)(N[C@@H](C)C(=O)OC(C)C)Oc1c(C)c(C)c2c(c1C)CC[C@@](C)(CCC[C@@H](C)CCC[C@@H](C)CCCC(C)C)O2. The topological polar surface area (TPSA) is 83.1 Å². The van der Waals surface area contributed by atoms with Gasteiger partial charge in [0, 0.05) is 5.56 Å². The van der Waals surface area contributed by atoms with Gasteiger partial charge in [0.25, 0.3) is 0 Å². The fraction of sp³-hybridized carbons (Fsp3) is 0.811. The number of carbonyl (C=O) groups excluding carboxylic acids is 1. The van der Waals surface area contributed by atoms with Crippen molar-refractivity contribution < 1.29 is 27.9 Å². The van der Waals surface area contributed by atoms with Crippen molar-refractivity contribution in [1.82, 2.24) is 5.09 Å². The summed E-state index contributed by atoms with van der Waals surface area (Å²) in [5.74, 6) is 3.34. The molecule has 0 fully saturated rings. The molecule has 0 aromatic heterocycles. The highest BCUT2D eigenvalue weighted by atomic mass is 31.2. The first kappa shape index (κ1) is 39.6. The van der Waals surface area contributed by atoms with Gasteiger partial charge >= 0.3 is 13.7 Å². The molecular formula is C37H66NO6P. The van der Waals surface area contributed by atoms with Gasteiger partial charge in [-0.15, -0.1) is 0 Å². The lowest BCUT2D eigenvalue weighted by molar-refractivity contribution is -0.149. The first-order valence-electron chi connectivity index (χ1n) is 17.7. The molecule has 1 aliphatic rings. The van der Waals surface area contributed by atoms with Crippen molar-refractivity contribution in [3.05, 3.63) is 22.3 Å². The van der Waals surface area contributed by atoms with Crippen LogP contribution in [0.1, 0.15) is 149 Å². The van der Waals surface area contributed by atoms with Crippen LogP contribution in [0, 0.1) is 38.5 Å². The van der Waals surface area contributed by atoms with Crippen molar-refractivity contribution in [1.29, 1.82) is 0 Å². The van der Waals surface area contributed by atoms with E-state index < -0.39 is 19.8 Å². The summed E-state index contributed by atoms with van der Waals surface area (Å²) in [5, 5.41) is 2.78. The first-order chi connectivity index (χ1) is 21.0. The van der Waals surface area contributed by atoms with Crippen molar-refractivity contribution >= 4 is 13.7 Å². The molecular weight excluding hydrogens is 585 g/mol. The number of benzene rings is 1. The van der Waals surface area contributed by atoms with Crippen LogP contribution in [0.3, 0.4) is 0 Å². The molecule has 5 atom stereocenters. The third kappa shape index (κ3) is 12.5. The molecule has 0 saturated heterocycles. The maximum Gasteiger partial charge on any atom is 0.459 e. The monoisotopic (exact) mass is 651 g/mol. The van der Waals surface area contributed by atoms with Crippen molar-refractivity contribution in [3.63, 3.8) is 0 Å². The highest BCUT2D eigenvalue weighted by molar-refractivity contribution is 7.52. The molecule has 2 rings (SSSR count). The van der Waals surface area contributed by atoms with E-state index in [2.05, 4.69) is 39.7 Å². The molecule has 0 radical (unpaired) electrons. The number of carbonyl (C=O) groups is 1. The molecule has 8 heteroatoms. The average Bonchev–Trinajstić information content (AvgIpc) is 2.93. The van der Waals surface area contributed by atoms with E-state index in [-0.39, 0.29) is 18.3 Å². The minimum absolute atomic E-state index is 0.163. The number of hydrogen-bond donors (Lipinski definition) is 1. The van der Waals surface area contributed by atoms with Crippen LogP contribution < -0.4 is 14.3 Å². The highest BCUT2D eigenvalue weighted by Crippen LogP contribution is 2.51. The van der Waals surface area contributed by atoms with Gasteiger partial charge in [0.1, 0.15) is 23.1 Å². The van der Waals surface area contributed by atoms with E-state index in [0.717, 1.165) is 71.4 Å². The lowest BCUT2D eigenvalue weighted by Gasteiger charge is -2.38. The standard InChI is InChI=1S/C37H66NO6P/c1-13-41-45(40,38-32(11)36(39)42-26(4)5)44-34-29(8)30(9)35-33(31(34)10)22-24-37(12,43-35)23-16-21-28(7)20-15-19-27(6)18-14-17-25(2)3/h25-28,32H,13-24H2,1-12H3,(H,38,40)/t27-,28-,32-,37+,45?/m0/s1. The maximum absolute atomic E-state index is 13.8. The van der Waals surface area contributed by atoms with Gasteiger partial charge in [0.15, 0.2) is 0 Å². The van der Waals surface area contributed by atoms with Gasteiger partial charge in [-0.2, -0.15) is 5.09 Å². The van der Waals surface area contributed by atoms with Crippen molar-refractivity contribution in [2.75, 3.05) is 6.61 Å². The summed E-state index contributed by atoms with van der Waals surface area (Å²) >= 11 is 0. The molecule has 1 N–H and O–H groups in total. The quantitative estimate of drug-likeness (QED) is 0.111. The van der Waals surface area contributed by atoms with Crippen molar-refractivity contribution in [3.8, 4) is 11.5 Å². The van der Waals surface area contributed by atoms with E-state index in [1.165, 1.54) is 44.9 Å². The van der Waals surface area contributed by atoms with Crippen LogP contribution >= 0.6 is 7.75 Å². The Hall–Kier alpha value is -1.56. The second-order valence-corrected chi connectivity index (χ2v) is 16.5. The van der Waals surface area contributed by atoms with Gasteiger partial charge < -0.3 is 14.0 Å². The zero-order valence-electron chi connectivity index (χ0n) is 30.8. The zero-order chi connectivity index (χ0) is 33.9. The van der Waals surface area contributed by atoms with E-state index in [1.807, 2.05) is 20.8 Å². The van der Waals surface area contributed by atoms with Gasteiger partial charge in [-0.25, -0.2) is 4.57 Å². The van der Waals surface area contributed by atoms with E-state index >= 15 is 0 Å². The Bertz CT molecular complexity index is 1130. The normalized spacial score (nSPS) is 19.9. The Labute approximate surface area is 275 Å². The molecule has 0 saturated carbocycles. The molecule has 1 aliphatic heterocycles. The second-order valence-electron chi connectivity index (χ2n) is 14.8. The maximum atomic E-state index is 13.8. The summed E-state index contributed by atoms with van der Waals surface area (Å²) in [6.07, 6.45) is 13.0. The summed E-state index contributed by atoms with van der Waals surface area (Å²) in [4.78, 5) is 12.4. The Kier molecular flexibility index (Phi) is 15.9. The highest BCUT2D eigenvalue weighted by Gasteiger charge is 2.37. The van der Waals surface area contributed by atoms with Crippen LogP contribution in [-0.4, -0.2) is 30.3 Å². The summed E-state index contributed by atoms with van der Waals surface area (Å²) in [5.41, 5.74) is 3.64. The van der Waals surface area contributed by atoms with E-state index in [1.54, 1.807) is 27.7 Å². The number of hydrogen-bond acceptors (Lipinski definition) is 6. The van der Waals surface area contributed by atoms with Crippen LogP contribution in [-0.2, 0) is 25.0 Å². The Morgan fingerprint density at radius 2 is 1.47 bits per heavy atom. The molecule has 45 heavy (non-hydrogen) atoms. The van der Waals surface area contributed by atoms with Gasteiger partial charge in [0.2, 0.25) is 0 Å². The van der Waals surface area contributed by atoms with Crippen molar-refractivity contribution in [2.45, 2.75) is 171 Å². The Morgan fingerprint density at radius 1 is 0.889 bits per heavy atom. The van der Waals surface area contributed by atoms with Crippen LogP contribution in [0.15, 0.2) is 0 Å². The summed E-state index contributed by atoms with van der Waals surface area (Å²) < 4.78 is 37.6. The number of esters is 1. The zero-order valence-corrected chi connectivity index (χ0v) is 31.7. The van der Waals surface area contributed by atoms with Crippen LogP contribution in [0.2, 0.25) is 0 Å². The number of ether oxygens (including phenoxy) is 2. The summed E-state index contributed by atoms with van der Waals surface area (Å²) in [6, 6.07) is -0.862. The molecule has 1 aromatic carbocycles. The van der Waals surface area contributed by atoms with Crippen LogP contribution in [0.25, 0.3) is 0 Å². The molecule has 0 aliphatic carbocycles. The number of fused-ring (bicyclic) bond motifs is 1. The number of rotatable bonds is 20. The molecule has 7 nitrogen and oxygen atoms in total. The minimum atomic E-state index is -3.87. The molecule has 0 amide bonds.